The summed E-state index contributed by atoms with van der Waals surface area (Å²) in [5.74, 6) is 0.873. The quantitative estimate of drug-likeness (QED) is 0.396. The van der Waals surface area contributed by atoms with E-state index in [4.69, 9.17) is 0 Å². The van der Waals surface area contributed by atoms with Crippen LogP contribution in [0.1, 0.15) is 23.6 Å². The van der Waals surface area contributed by atoms with E-state index in [0.717, 1.165) is 34.5 Å². The van der Waals surface area contributed by atoms with Gasteiger partial charge in [-0.05, 0) is 61.2 Å². The number of pyridine rings is 1. The minimum atomic E-state index is -0.0752. The van der Waals surface area contributed by atoms with Crippen molar-refractivity contribution in [3.05, 3.63) is 83.7 Å². The molecule has 162 valence electrons. The van der Waals surface area contributed by atoms with Gasteiger partial charge < -0.3 is 5.32 Å². The van der Waals surface area contributed by atoms with Gasteiger partial charge in [-0.2, -0.15) is 0 Å². The van der Waals surface area contributed by atoms with Crippen molar-refractivity contribution < 1.29 is 4.79 Å². The first kappa shape index (κ1) is 21.8. The molecule has 0 radical (unpaired) electrons. The second kappa shape index (κ2) is 9.78. The lowest BCUT2D eigenvalue weighted by Crippen LogP contribution is -2.16. The van der Waals surface area contributed by atoms with E-state index in [1.807, 2.05) is 48.7 Å². The molecule has 0 saturated carbocycles. The van der Waals surface area contributed by atoms with Crippen molar-refractivity contribution in [3.8, 4) is 17.1 Å². The monoisotopic (exact) mass is 443 g/mol. The smallest absolute Gasteiger partial charge is 0.234 e. The first-order valence-electron chi connectivity index (χ1n) is 10.5. The number of aryl methyl sites for hydroxylation is 3. The molecule has 2 heterocycles. The number of nitrogens with one attached hydrogen (secondary N) is 1. The van der Waals surface area contributed by atoms with Gasteiger partial charge in [0.25, 0.3) is 0 Å². The first-order valence-corrected chi connectivity index (χ1v) is 11.5. The SMILES string of the molecule is CCc1ccc(-n2c(SCC(=O)Nc3c(C)cccc3C)nnc2-c2ccncc2)cc1. The Balaban J connectivity index is 1.61. The third-order valence-corrected chi connectivity index (χ3v) is 6.18. The molecule has 1 N–H and O–H groups in total. The predicted octanol–water partition coefficient (Wildman–Crippen LogP) is 5.24. The molecule has 32 heavy (non-hydrogen) atoms. The number of carbonyl (C=O) groups is 1. The molecule has 4 rings (SSSR count). The topological polar surface area (TPSA) is 72.7 Å². The number of carbonyl (C=O) groups excluding carboxylic acids is 1. The number of hydrogen-bond acceptors (Lipinski definition) is 5. The van der Waals surface area contributed by atoms with Crippen LogP contribution in [0.15, 0.2) is 72.1 Å². The molecule has 4 aromatic rings. The van der Waals surface area contributed by atoms with Gasteiger partial charge >= 0.3 is 0 Å². The van der Waals surface area contributed by atoms with Gasteiger partial charge in [0.15, 0.2) is 11.0 Å². The van der Waals surface area contributed by atoms with E-state index in [2.05, 4.69) is 51.7 Å². The standard InChI is InChI=1S/C25H25N5OS/c1-4-19-8-10-21(11-9-19)30-24(20-12-14-26-15-13-20)28-29-25(30)32-16-22(31)27-23-17(2)6-5-7-18(23)3/h5-15H,4,16H2,1-3H3,(H,27,31). The number of amides is 1. The number of anilines is 1. The van der Waals surface area contributed by atoms with E-state index < -0.39 is 0 Å². The van der Waals surface area contributed by atoms with Gasteiger partial charge in [0.2, 0.25) is 5.91 Å². The van der Waals surface area contributed by atoms with Crippen LogP contribution in [0.2, 0.25) is 0 Å². The summed E-state index contributed by atoms with van der Waals surface area (Å²) in [5.41, 5.74) is 6.09. The van der Waals surface area contributed by atoms with Gasteiger partial charge in [-0.25, -0.2) is 0 Å². The third kappa shape index (κ3) is 4.73. The number of nitrogens with zero attached hydrogens (tertiary/aromatic N) is 4. The molecule has 0 atom stereocenters. The van der Waals surface area contributed by atoms with Crippen molar-refractivity contribution in [2.75, 3.05) is 11.1 Å². The molecule has 1 amide bonds. The highest BCUT2D eigenvalue weighted by Gasteiger charge is 2.18. The van der Waals surface area contributed by atoms with Crippen molar-refractivity contribution in [2.45, 2.75) is 32.3 Å². The Morgan fingerprint density at radius 1 is 0.969 bits per heavy atom. The zero-order valence-electron chi connectivity index (χ0n) is 18.4. The van der Waals surface area contributed by atoms with Gasteiger partial charge in [-0.15, -0.1) is 10.2 Å². The summed E-state index contributed by atoms with van der Waals surface area (Å²) in [6.45, 7) is 6.12. The predicted molar refractivity (Wildman–Crippen MR) is 129 cm³/mol. The number of hydrogen-bond donors (Lipinski definition) is 1. The number of aromatic nitrogens is 4. The van der Waals surface area contributed by atoms with Crippen LogP contribution < -0.4 is 5.32 Å². The van der Waals surface area contributed by atoms with Crippen molar-refractivity contribution in [1.82, 2.24) is 19.7 Å². The maximum atomic E-state index is 12.7. The Morgan fingerprint density at radius 2 is 1.66 bits per heavy atom. The summed E-state index contributed by atoms with van der Waals surface area (Å²) in [7, 11) is 0. The minimum absolute atomic E-state index is 0.0752. The summed E-state index contributed by atoms with van der Waals surface area (Å²) < 4.78 is 1.99. The van der Waals surface area contributed by atoms with Crippen LogP contribution in [0.4, 0.5) is 5.69 Å². The molecule has 7 heteroatoms. The molecular weight excluding hydrogens is 418 g/mol. The van der Waals surface area contributed by atoms with E-state index in [9.17, 15) is 4.79 Å². The Kier molecular flexibility index (Phi) is 6.66. The van der Waals surface area contributed by atoms with Crippen molar-refractivity contribution in [1.29, 1.82) is 0 Å². The van der Waals surface area contributed by atoms with Gasteiger partial charge in [0, 0.05) is 29.3 Å². The normalized spacial score (nSPS) is 10.8. The van der Waals surface area contributed by atoms with Crippen LogP contribution in [0.5, 0.6) is 0 Å². The van der Waals surface area contributed by atoms with Gasteiger partial charge in [0.05, 0.1) is 5.75 Å². The number of para-hydroxylation sites is 1. The van der Waals surface area contributed by atoms with Gasteiger partial charge in [0.1, 0.15) is 0 Å². The van der Waals surface area contributed by atoms with Crippen molar-refractivity contribution in [2.24, 2.45) is 0 Å². The van der Waals surface area contributed by atoms with E-state index >= 15 is 0 Å². The second-order valence-corrected chi connectivity index (χ2v) is 8.44. The van der Waals surface area contributed by atoms with E-state index in [-0.39, 0.29) is 11.7 Å². The lowest BCUT2D eigenvalue weighted by Gasteiger charge is -2.12. The molecule has 2 aromatic heterocycles. The average Bonchev–Trinajstić information content (AvgIpc) is 3.25. The molecule has 0 fully saturated rings. The molecular formula is C25H25N5OS. The fourth-order valence-corrected chi connectivity index (χ4v) is 4.23. The van der Waals surface area contributed by atoms with Crippen LogP contribution in [0, 0.1) is 13.8 Å². The Morgan fingerprint density at radius 3 is 2.31 bits per heavy atom. The minimum Gasteiger partial charge on any atom is -0.325 e. The first-order chi connectivity index (χ1) is 15.6. The van der Waals surface area contributed by atoms with E-state index in [1.165, 1.54) is 17.3 Å². The molecule has 0 unspecified atom stereocenters. The third-order valence-electron chi connectivity index (χ3n) is 5.25. The molecule has 0 aliphatic carbocycles. The van der Waals surface area contributed by atoms with Crippen LogP contribution in [0.25, 0.3) is 17.1 Å². The summed E-state index contributed by atoms with van der Waals surface area (Å²) in [5, 5.41) is 12.5. The molecule has 0 saturated heterocycles. The van der Waals surface area contributed by atoms with Crippen LogP contribution in [-0.2, 0) is 11.2 Å². The number of rotatable bonds is 7. The van der Waals surface area contributed by atoms with Crippen molar-refractivity contribution >= 4 is 23.4 Å². The number of benzene rings is 2. The summed E-state index contributed by atoms with van der Waals surface area (Å²) in [6, 6.07) is 18.1. The zero-order valence-corrected chi connectivity index (χ0v) is 19.2. The molecule has 2 aromatic carbocycles. The number of thioether (sulfide) groups is 1. The van der Waals surface area contributed by atoms with E-state index in [1.54, 1.807) is 12.4 Å². The molecule has 0 aliphatic heterocycles. The Bertz CT molecular complexity index is 1200. The summed E-state index contributed by atoms with van der Waals surface area (Å²) in [4.78, 5) is 16.8. The lowest BCUT2D eigenvalue weighted by atomic mass is 10.1. The maximum Gasteiger partial charge on any atom is 0.234 e. The van der Waals surface area contributed by atoms with Crippen LogP contribution in [-0.4, -0.2) is 31.4 Å². The zero-order chi connectivity index (χ0) is 22.5. The molecule has 0 spiro atoms. The van der Waals surface area contributed by atoms with Crippen molar-refractivity contribution in [3.63, 3.8) is 0 Å². The van der Waals surface area contributed by atoms with Gasteiger partial charge in [-0.3, -0.25) is 14.3 Å². The average molecular weight is 444 g/mol. The largest absolute Gasteiger partial charge is 0.325 e. The van der Waals surface area contributed by atoms with Gasteiger partial charge in [-0.1, -0.05) is 49.0 Å². The highest BCUT2D eigenvalue weighted by atomic mass is 32.2. The fourth-order valence-electron chi connectivity index (χ4n) is 3.48. The lowest BCUT2D eigenvalue weighted by molar-refractivity contribution is -0.113. The van der Waals surface area contributed by atoms with E-state index in [0.29, 0.717) is 11.0 Å². The molecule has 6 nitrogen and oxygen atoms in total. The fraction of sp³-hybridized carbons (Fsp3) is 0.200. The summed E-state index contributed by atoms with van der Waals surface area (Å²) >= 11 is 1.37. The summed E-state index contributed by atoms with van der Waals surface area (Å²) in [6.07, 6.45) is 4.44. The Labute approximate surface area is 192 Å². The highest BCUT2D eigenvalue weighted by molar-refractivity contribution is 7.99. The molecule has 0 bridgehead atoms. The van der Waals surface area contributed by atoms with Crippen LogP contribution >= 0.6 is 11.8 Å². The second-order valence-electron chi connectivity index (χ2n) is 7.50. The van der Waals surface area contributed by atoms with Crippen LogP contribution in [0.3, 0.4) is 0 Å². The highest BCUT2D eigenvalue weighted by Crippen LogP contribution is 2.28. The maximum absolute atomic E-state index is 12.7. The Hall–Kier alpha value is -3.45. The molecule has 0 aliphatic rings.